The maximum atomic E-state index is 11.8. The molecular formula is C13H18N4O3. The molecule has 0 bridgehead atoms. The van der Waals surface area contributed by atoms with Gasteiger partial charge in [0.15, 0.2) is 0 Å². The number of hydrogen-bond acceptors (Lipinski definition) is 4. The lowest BCUT2D eigenvalue weighted by Crippen LogP contribution is -2.48. The Morgan fingerprint density at radius 3 is 2.45 bits per heavy atom. The van der Waals surface area contributed by atoms with Crippen molar-refractivity contribution in [3.8, 4) is 0 Å². The second kappa shape index (κ2) is 6.83. The molecule has 108 valence electrons. The molecule has 0 radical (unpaired) electrons. The molecule has 0 saturated heterocycles. The Kier molecular flexibility index (Phi) is 4.86. The van der Waals surface area contributed by atoms with Crippen LogP contribution >= 0.6 is 0 Å². The number of anilines is 1. The molecule has 2 rings (SSSR count). The second-order valence-corrected chi connectivity index (χ2v) is 4.88. The molecule has 20 heavy (non-hydrogen) atoms. The van der Waals surface area contributed by atoms with Crippen molar-refractivity contribution in [1.82, 2.24) is 15.3 Å². The van der Waals surface area contributed by atoms with Crippen LogP contribution < -0.4 is 10.6 Å². The third-order valence-corrected chi connectivity index (χ3v) is 3.46. The topological polar surface area (TPSA) is 104 Å². The molecule has 3 N–H and O–H groups in total. The average molecular weight is 278 g/mol. The van der Waals surface area contributed by atoms with Gasteiger partial charge in [-0.05, 0) is 24.8 Å². The number of amides is 2. The minimum atomic E-state index is -0.999. The predicted octanol–water partition coefficient (Wildman–Crippen LogP) is 1.63. The van der Waals surface area contributed by atoms with Crippen molar-refractivity contribution in [3.05, 3.63) is 18.5 Å². The van der Waals surface area contributed by atoms with E-state index in [0.717, 1.165) is 32.1 Å². The van der Waals surface area contributed by atoms with Crippen LogP contribution in [0.25, 0.3) is 0 Å². The van der Waals surface area contributed by atoms with E-state index in [0.29, 0.717) is 0 Å². The van der Waals surface area contributed by atoms with Crippen LogP contribution in [-0.4, -0.2) is 33.1 Å². The van der Waals surface area contributed by atoms with E-state index in [9.17, 15) is 14.7 Å². The van der Waals surface area contributed by atoms with E-state index >= 15 is 0 Å². The number of urea groups is 1. The van der Waals surface area contributed by atoms with Crippen LogP contribution in [0.15, 0.2) is 18.5 Å². The zero-order chi connectivity index (χ0) is 14.4. The molecule has 7 nitrogen and oxygen atoms in total. The van der Waals surface area contributed by atoms with E-state index in [-0.39, 0.29) is 11.9 Å². The van der Waals surface area contributed by atoms with Crippen LogP contribution in [0.3, 0.4) is 0 Å². The van der Waals surface area contributed by atoms with Crippen LogP contribution in [0.4, 0.5) is 10.7 Å². The van der Waals surface area contributed by atoms with E-state index in [1.807, 2.05) is 0 Å². The standard InChI is InChI=1S/C13H18N4O3/c18-11(19)10(9-5-2-1-3-6-9)16-13(20)17-12-14-7-4-8-15-12/h4,7-10H,1-3,5-6H2,(H,18,19)(H2,14,15,16,17,20). The first kappa shape index (κ1) is 14.2. The summed E-state index contributed by atoms with van der Waals surface area (Å²) in [5.41, 5.74) is 0. The Balaban J connectivity index is 1.93. The van der Waals surface area contributed by atoms with Crippen molar-refractivity contribution in [2.75, 3.05) is 5.32 Å². The number of aromatic nitrogens is 2. The van der Waals surface area contributed by atoms with Crippen molar-refractivity contribution in [2.24, 2.45) is 5.92 Å². The number of nitrogens with zero attached hydrogens (tertiary/aromatic N) is 2. The van der Waals surface area contributed by atoms with Gasteiger partial charge >= 0.3 is 12.0 Å². The molecule has 1 aromatic heterocycles. The summed E-state index contributed by atoms with van der Waals surface area (Å²) < 4.78 is 0. The molecule has 1 saturated carbocycles. The first-order valence-corrected chi connectivity index (χ1v) is 6.74. The minimum Gasteiger partial charge on any atom is -0.480 e. The number of aliphatic carboxylic acids is 1. The summed E-state index contributed by atoms with van der Waals surface area (Å²) in [7, 11) is 0. The summed E-state index contributed by atoms with van der Waals surface area (Å²) >= 11 is 0. The fourth-order valence-electron chi connectivity index (χ4n) is 2.49. The molecule has 1 unspecified atom stereocenters. The molecule has 0 aliphatic heterocycles. The van der Waals surface area contributed by atoms with E-state index in [1.165, 1.54) is 12.4 Å². The lowest BCUT2D eigenvalue weighted by molar-refractivity contribution is -0.141. The van der Waals surface area contributed by atoms with E-state index in [1.54, 1.807) is 6.07 Å². The third-order valence-electron chi connectivity index (χ3n) is 3.46. The summed E-state index contributed by atoms with van der Waals surface area (Å²) in [6.07, 6.45) is 7.82. The van der Waals surface area contributed by atoms with Crippen molar-refractivity contribution in [3.63, 3.8) is 0 Å². The SMILES string of the molecule is O=C(Nc1ncccn1)NC(C(=O)O)C1CCCCC1. The average Bonchev–Trinajstić information content (AvgIpc) is 2.46. The van der Waals surface area contributed by atoms with Gasteiger partial charge in [-0.2, -0.15) is 0 Å². The molecule has 2 amide bonds. The smallest absolute Gasteiger partial charge is 0.326 e. The van der Waals surface area contributed by atoms with Crippen molar-refractivity contribution in [2.45, 2.75) is 38.1 Å². The van der Waals surface area contributed by atoms with Gasteiger partial charge in [-0.15, -0.1) is 0 Å². The Morgan fingerprint density at radius 2 is 1.85 bits per heavy atom. The van der Waals surface area contributed by atoms with E-state index in [2.05, 4.69) is 20.6 Å². The predicted molar refractivity (Wildman–Crippen MR) is 72.2 cm³/mol. The molecule has 1 aliphatic carbocycles. The maximum absolute atomic E-state index is 11.8. The normalized spacial score (nSPS) is 17.2. The first-order chi connectivity index (χ1) is 9.66. The van der Waals surface area contributed by atoms with Crippen molar-refractivity contribution < 1.29 is 14.7 Å². The molecule has 1 heterocycles. The van der Waals surface area contributed by atoms with Crippen LogP contribution in [0.2, 0.25) is 0 Å². The molecule has 1 atom stereocenters. The molecule has 0 spiro atoms. The quantitative estimate of drug-likeness (QED) is 0.776. The molecular weight excluding hydrogens is 260 g/mol. The van der Waals surface area contributed by atoms with Gasteiger partial charge in [-0.25, -0.2) is 19.6 Å². The van der Waals surface area contributed by atoms with Gasteiger partial charge in [0.1, 0.15) is 6.04 Å². The minimum absolute atomic E-state index is 0.0105. The highest BCUT2D eigenvalue weighted by molar-refractivity contribution is 5.90. The third kappa shape index (κ3) is 3.91. The van der Waals surface area contributed by atoms with Gasteiger partial charge in [0.05, 0.1) is 0 Å². The summed E-state index contributed by atoms with van der Waals surface area (Å²) in [5.74, 6) is -0.859. The summed E-state index contributed by atoms with van der Waals surface area (Å²) in [5, 5.41) is 14.2. The fourth-order valence-corrected chi connectivity index (χ4v) is 2.49. The number of carbonyl (C=O) groups is 2. The van der Waals surface area contributed by atoms with Crippen LogP contribution in [0.5, 0.6) is 0 Å². The monoisotopic (exact) mass is 278 g/mol. The van der Waals surface area contributed by atoms with Crippen molar-refractivity contribution >= 4 is 17.9 Å². The number of rotatable bonds is 4. The lowest BCUT2D eigenvalue weighted by atomic mass is 9.84. The highest BCUT2D eigenvalue weighted by Gasteiger charge is 2.30. The Bertz CT molecular complexity index is 460. The summed E-state index contributed by atoms with van der Waals surface area (Å²) in [6.45, 7) is 0. The highest BCUT2D eigenvalue weighted by atomic mass is 16.4. The Morgan fingerprint density at radius 1 is 1.20 bits per heavy atom. The molecule has 1 aromatic rings. The molecule has 0 aromatic carbocycles. The number of carboxylic acid groups (broad SMARTS) is 1. The molecule has 7 heteroatoms. The first-order valence-electron chi connectivity index (χ1n) is 6.74. The van der Waals surface area contributed by atoms with Gasteiger partial charge in [0.25, 0.3) is 0 Å². The Hall–Kier alpha value is -2.18. The highest BCUT2D eigenvalue weighted by Crippen LogP contribution is 2.26. The zero-order valence-electron chi connectivity index (χ0n) is 11.1. The number of nitrogens with one attached hydrogen (secondary N) is 2. The van der Waals surface area contributed by atoms with Gasteiger partial charge < -0.3 is 10.4 Å². The number of hydrogen-bond donors (Lipinski definition) is 3. The van der Waals surface area contributed by atoms with Gasteiger partial charge in [-0.3, -0.25) is 5.32 Å². The van der Waals surface area contributed by atoms with Gasteiger partial charge in [0, 0.05) is 12.4 Å². The lowest BCUT2D eigenvalue weighted by Gasteiger charge is -2.27. The summed E-state index contributed by atoms with van der Waals surface area (Å²) in [6, 6.07) is 0.179. The van der Waals surface area contributed by atoms with Crippen molar-refractivity contribution in [1.29, 1.82) is 0 Å². The van der Waals surface area contributed by atoms with Crippen LogP contribution in [-0.2, 0) is 4.79 Å². The van der Waals surface area contributed by atoms with Crippen LogP contribution in [0, 0.1) is 5.92 Å². The zero-order valence-corrected chi connectivity index (χ0v) is 11.1. The van der Waals surface area contributed by atoms with Gasteiger partial charge in [0.2, 0.25) is 5.95 Å². The number of carbonyl (C=O) groups excluding carboxylic acids is 1. The van der Waals surface area contributed by atoms with Gasteiger partial charge in [-0.1, -0.05) is 19.3 Å². The van der Waals surface area contributed by atoms with E-state index in [4.69, 9.17) is 0 Å². The second-order valence-electron chi connectivity index (χ2n) is 4.88. The van der Waals surface area contributed by atoms with E-state index < -0.39 is 18.0 Å². The fraction of sp³-hybridized carbons (Fsp3) is 0.538. The van der Waals surface area contributed by atoms with Crippen LogP contribution in [0.1, 0.15) is 32.1 Å². The largest absolute Gasteiger partial charge is 0.480 e. The molecule has 1 fully saturated rings. The summed E-state index contributed by atoms with van der Waals surface area (Å²) in [4.78, 5) is 30.8. The Labute approximate surface area is 116 Å². The molecule has 1 aliphatic rings. The maximum Gasteiger partial charge on any atom is 0.326 e. The number of carboxylic acids is 1.